The number of hydrogen-bond donors (Lipinski definition) is 0. The van der Waals surface area contributed by atoms with Crippen molar-refractivity contribution >= 4 is 19.9 Å². The monoisotopic (exact) mass is 165 g/mol. The first-order valence-corrected chi connectivity index (χ1v) is 6.62. The van der Waals surface area contributed by atoms with Gasteiger partial charge in [-0.05, 0) is 33.1 Å². The van der Waals surface area contributed by atoms with Crippen molar-refractivity contribution < 1.29 is 0 Å². The van der Waals surface area contributed by atoms with E-state index in [1.54, 1.807) is 0 Å². The summed E-state index contributed by atoms with van der Waals surface area (Å²) in [5.74, 6) is 0. The van der Waals surface area contributed by atoms with Gasteiger partial charge in [0.1, 0.15) is 8.83 Å². The van der Waals surface area contributed by atoms with Crippen LogP contribution in [-0.2, 0) is 0 Å². The van der Waals surface area contributed by atoms with Gasteiger partial charge in [-0.3, -0.25) is 0 Å². The van der Waals surface area contributed by atoms with E-state index in [4.69, 9.17) is 11.1 Å². The van der Waals surface area contributed by atoms with Crippen LogP contribution in [-0.4, -0.2) is 34.4 Å². The molecule has 9 heavy (non-hydrogen) atoms. The molecule has 0 spiro atoms. The Hall–Kier alpha value is 0.467. The molecule has 0 aromatic heterocycles. The van der Waals surface area contributed by atoms with Crippen molar-refractivity contribution in [1.29, 1.82) is 0 Å². The SMILES string of the molecule is CN(C)CCCC[SiH2]Cl. The second kappa shape index (κ2) is 6.58. The molecule has 0 saturated carbocycles. The Morgan fingerprint density at radius 3 is 2.44 bits per heavy atom. The van der Waals surface area contributed by atoms with Crippen molar-refractivity contribution in [3.63, 3.8) is 0 Å². The lowest BCUT2D eigenvalue weighted by molar-refractivity contribution is 0.398. The molecular weight excluding hydrogens is 150 g/mol. The summed E-state index contributed by atoms with van der Waals surface area (Å²) in [6.45, 7) is 1.21. The van der Waals surface area contributed by atoms with E-state index in [1.807, 2.05) is 0 Å². The van der Waals surface area contributed by atoms with Crippen LogP contribution in [0.15, 0.2) is 0 Å². The molecule has 0 saturated heterocycles. The molecule has 3 heteroatoms. The third kappa shape index (κ3) is 8.47. The summed E-state index contributed by atoms with van der Waals surface area (Å²) in [6, 6.07) is 1.30. The van der Waals surface area contributed by atoms with Crippen LogP contribution in [0.1, 0.15) is 12.8 Å². The zero-order valence-corrected chi connectivity index (χ0v) is 8.53. The average Bonchev–Trinajstić information content (AvgIpc) is 1.80. The van der Waals surface area contributed by atoms with Crippen LogP contribution >= 0.6 is 11.1 Å². The van der Waals surface area contributed by atoms with Gasteiger partial charge in [-0.1, -0.05) is 6.42 Å². The Bertz CT molecular complexity index is 59.0. The highest BCUT2D eigenvalue weighted by molar-refractivity contribution is 6.93. The molecule has 1 nitrogen and oxygen atoms in total. The molecule has 56 valence electrons. The van der Waals surface area contributed by atoms with Gasteiger partial charge in [0, 0.05) is 0 Å². The van der Waals surface area contributed by atoms with Gasteiger partial charge < -0.3 is 4.90 Å². The fourth-order valence-electron chi connectivity index (χ4n) is 0.699. The molecule has 0 fully saturated rings. The van der Waals surface area contributed by atoms with E-state index < -0.39 is 0 Å². The predicted molar refractivity (Wildman–Crippen MR) is 47.0 cm³/mol. The normalized spacial score (nSPS) is 12.0. The van der Waals surface area contributed by atoms with Gasteiger partial charge in [0.05, 0.1) is 0 Å². The highest BCUT2D eigenvalue weighted by Crippen LogP contribution is 1.96. The minimum absolute atomic E-state index is 0.177. The summed E-state index contributed by atoms with van der Waals surface area (Å²) in [7, 11) is 4.04. The van der Waals surface area contributed by atoms with Gasteiger partial charge in [-0.25, -0.2) is 0 Å². The Kier molecular flexibility index (Phi) is 6.93. The smallest absolute Gasteiger partial charge is 0.125 e. The second-order valence-electron chi connectivity index (χ2n) is 2.55. The van der Waals surface area contributed by atoms with E-state index in [1.165, 1.54) is 25.4 Å². The molecule has 0 atom stereocenters. The number of nitrogens with zero attached hydrogens (tertiary/aromatic N) is 1. The van der Waals surface area contributed by atoms with E-state index in [0.29, 0.717) is 0 Å². The minimum atomic E-state index is -0.177. The average molecular weight is 166 g/mol. The van der Waals surface area contributed by atoms with E-state index in [9.17, 15) is 0 Å². The fourth-order valence-corrected chi connectivity index (χ4v) is 1.81. The molecule has 0 aromatic rings. The first-order valence-electron chi connectivity index (χ1n) is 3.48. The molecule has 0 bridgehead atoms. The molecule has 0 amide bonds. The zero-order chi connectivity index (χ0) is 7.11. The Balaban J connectivity index is 2.75. The van der Waals surface area contributed by atoms with Crippen LogP contribution in [0.5, 0.6) is 0 Å². The largest absolute Gasteiger partial charge is 0.309 e. The maximum atomic E-state index is 5.64. The third-order valence-electron chi connectivity index (χ3n) is 1.24. The molecule has 0 rings (SSSR count). The molecule has 0 N–H and O–H groups in total. The fraction of sp³-hybridized carbons (Fsp3) is 1.00. The maximum absolute atomic E-state index is 5.64. The van der Waals surface area contributed by atoms with Gasteiger partial charge in [-0.2, -0.15) is 11.1 Å². The summed E-state index contributed by atoms with van der Waals surface area (Å²) >= 11 is 5.64. The third-order valence-corrected chi connectivity index (χ3v) is 2.81. The summed E-state index contributed by atoms with van der Waals surface area (Å²) < 4.78 is 0. The van der Waals surface area contributed by atoms with Gasteiger partial charge in [0.2, 0.25) is 0 Å². The highest BCUT2D eigenvalue weighted by atomic mass is 35.6. The van der Waals surface area contributed by atoms with E-state index in [2.05, 4.69) is 19.0 Å². The number of unbranched alkanes of at least 4 members (excludes halogenated alkanes) is 1. The highest BCUT2D eigenvalue weighted by Gasteiger charge is 1.89. The van der Waals surface area contributed by atoms with E-state index in [0.717, 1.165) is 0 Å². The molecule has 0 aliphatic carbocycles. The summed E-state index contributed by atoms with van der Waals surface area (Å²) in [4.78, 5) is 2.22. The number of halogens is 1. The van der Waals surface area contributed by atoms with Crippen molar-refractivity contribution in [1.82, 2.24) is 4.90 Å². The molecule has 0 aromatic carbocycles. The lowest BCUT2D eigenvalue weighted by atomic mass is 10.3. The summed E-state index contributed by atoms with van der Waals surface area (Å²) in [5, 5.41) is 0. The quantitative estimate of drug-likeness (QED) is 0.335. The molecule has 0 heterocycles. The molecular formula is C6H16ClNSi. The Morgan fingerprint density at radius 1 is 1.33 bits per heavy atom. The van der Waals surface area contributed by atoms with Crippen molar-refractivity contribution in [2.45, 2.75) is 18.9 Å². The molecule has 0 aliphatic rings. The topological polar surface area (TPSA) is 3.24 Å². The van der Waals surface area contributed by atoms with Crippen LogP contribution in [0.25, 0.3) is 0 Å². The van der Waals surface area contributed by atoms with Gasteiger partial charge in [0.25, 0.3) is 0 Å². The predicted octanol–water partition coefficient (Wildman–Crippen LogP) is 1.07. The molecule has 0 unspecified atom stereocenters. The Labute approximate surface area is 64.9 Å². The Morgan fingerprint density at radius 2 is 2.00 bits per heavy atom. The van der Waals surface area contributed by atoms with E-state index >= 15 is 0 Å². The van der Waals surface area contributed by atoms with Gasteiger partial charge in [0.15, 0.2) is 0 Å². The number of rotatable bonds is 5. The number of hydrogen-bond acceptors (Lipinski definition) is 1. The summed E-state index contributed by atoms with van der Waals surface area (Å²) in [5.41, 5.74) is 0. The second-order valence-corrected chi connectivity index (χ2v) is 4.77. The molecule has 0 radical (unpaired) electrons. The van der Waals surface area contributed by atoms with Crippen molar-refractivity contribution in [2.75, 3.05) is 20.6 Å². The van der Waals surface area contributed by atoms with Crippen LogP contribution in [0.3, 0.4) is 0 Å². The van der Waals surface area contributed by atoms with Crippen LogP contribution in [0.4, 0.5) is 0 Å². The summed E-state index contributed by atoms with van der Waals surface area (Å²) in [6.07, 6.45) is 2.64. The minimum Gasteiger partial charge on any atom is -0.309 e. The zero-order valence-electron chi connectivity index (χ0n) is 6.36. The van der Waals surface area contributed by atoms with Crippen LogP contribution < -0.4 is 0 Å². The van der Waals surface area contributed by atoms with Crippen molar-refractivity contribution in [3.05, 3.63) is 0 Å². The lowest BCUT2D eigenvalue weighted by Crippen LogP contribution is -2.12. The first-order chi connectivity index (χ1) is 4.27. The first kappa shape index (κ1) is 9.47. The maximum Gasteiger partial charge on any atom is 0.125 e. The molecule has 0 aliphatic heterocycles. The standard InChI is InChI=1S/C6H16ClNSi/c1-8(2)5-3-4-6-9-7/h3-6,9H2,1-2H3. The van der Waals surface area contributed by atoms with Crippen molar-refractivity contribution in [2.24, 2.45) is 0 Å². The lowest BCUT2D eigenvalue weighted by Gasteiger charge is -2.07. The van der Waals surface area contributed by atoms with Crippen LogP contribution in [0.2, 0.25) is 6.04 Å². The van der Waals surface area contributed by atoms with E-state index in [-0.39, 0.29) is 8.83 Å². The van der Waals surface area contributed by atoms with Gasteiger partial charge in [-0.15, -0.1) is 0 Å². The van der Waals surface area contributed by atoms with Crippen LogP contribution in [0, 0.1) is 0 Å². The van der Waals surface area contributed by atoms with Crippen molar-refractivity contribution in [3.8, 4) is 0 Å². The van der Waals surface area contributed by atoms with Gasteiger partial charge >= 0.3 is 0 Å².